The standard InChI is InChI=1S/C13H23NO3/c1-9(2)10-5-7-14(8-6-10)11(15)13(3,4)12(16)17/h9-10H,5-8H2,1-4H3,(H,16,17). The highest BCUT2D eigenvalue weighted by Gasteiger charge is 2.40. The molecular formula is C13H23NO3. The number of carboxylic acid groups (broad SMARTS) is 1. The third kappa shape index (κ3) is 2.99. The SMILES string of the molecule is CC(C)C1CCN(C(=O)C(C)(C)C(=O)O)CC1. The molecule has 0 atom stereocenters. The predicted octanol–water partition coefficient (Wildman–Crippen LogP) is 1.99. The first-order valence-corrected chi connectivity index (χ1v) is 6.29. The van der Waals surface area contributed by atoms with Crippen molar-refractivity contribution >= 4 is 11.9 Å². The molecule has 0 aromatic carbocycles. The van der Waals surface area contributed by atoms with E-state index in [9.17, 15) is 9.59 Å². The molecule has 98 valence electrons. The van der Waals surface area contributed by atoms with Crippen molar-refractivity contribution < 1.29 is 14.7 Å². The summed E-state index contributed by atoms with van der Waals surface area (Å²) in [5.41, 5.74) is -1.30. The van der Waals surface area contributed by atoms with E-state index in [2.05, 4.69) is 13.8 Å². The van der Waals surface area contributed by atoms with E-state index < -0.39 is 11.4 Å². The average molecular weight is 241 g/mol. The molecule has 4 nitrogen and oxygen atoms in total. The number of rotatable bonds is 3. The predicted molar refractivity (Wildman–Crippen MR) is 65.6 cm³/mol. The van der Waals surface area contributed by atoms with E-state index in [1.54, 1.807) is 4.90 Å². The van der Waals surface area contributed by atoms with Crippen LogP contribution in [0, 0.1) is 17.3 Å². The van der Waals surface area contributed by atoms with Crippen molar-refractivity contribution in [1.82, 2.24) is 4.90 Å². The van der Waals surface area contributed by atoms with Crippen molar-refractivity contribution in [3.8, 4) is 0 Å². The van der Waals surface area contributed by atoms with Crippen LogP contribution in [-0.2, 0) is 9.59 Å². The van der Waals surface area contributed by atoms with Gasteiger partial charge in [0.15, 0.2) is 0 Å². The number of carboxylic acids is 1. The minimum atomic E-state index is -1.30. The van der Waals surface area contributed by atoms with Gasteiger partial charge in [-0.05, 0) is 38.5 Å². The van der Waals surface area contributed by atoms with Crippen LogP contribution in [0.1, 0.15) is 40.5 Å². The van der Waals surface area contributed by atoms with Crippen molar-refractivity contribution in [2.45, 2.75) is 40.5 Å². The molecule has 17 heavy (non-hydrogen) atoms. The Morgan fingerprint density at radius 3 is 2.06 bits per heavy atom. The smallest absolute Gasteiger partial charge is 0.318 e. The van der Waals surface area contributed by atoms with Crippen LogP contribution in [0.4, 0.5) is 0 Å². The molecular weight excluding hydrogens is 218 g/mol. The van der Waals surface area contributed by atoms with Gasteiger partial charge in [0.1, 0.15) is 5.41 Å². The lowest BCUT2D eigenvalue weighted by molar-refractivity contribution is -0.159. The summed E-state index contributed by atoms with van der Waals surface area (Å²) in [6, 6.07) is 0. The van der Waals surface area contributed by atoms with Crippen molar-refractivity contribution in [3.63, 3.8) is 0 Å². The Balaban J connectivity index is 2.60. The minimum absolute atomic E-state index is 0.257. The molecule has 0 aromatic heterocycles. The van der Waals surface area contributed by atoms with Gasteiger partial charge in [0.25, 0.3) is 0 Å². The van der Waals surface area contributed by atoms with Gasteiger partial charge in [-0.3, -0.25) is 9.59 Å². The minimum Gasteiger partial charge on any atom is -0.480 e. The summed E-state index contributed by atoms with van der Waals surface area (Å²) in [6.45, 7) is 8.74. The Morgan fingerprint density at radius 1 is 1.24 bits per heavy atom. The van der Waals surface area contributed by atoms with Crippen LogP contribution in [-0.4, -0.2) is 35.0 Å². The van der Waals surface area contributed by atoms with Crippen LogP contribution in [0.3, 0.4) is 0 Å². The molecule has 0 aromatic rings. The number of carbonyl (C=O) groups is 2. The van der Waals surface area contributed by atoms with E-state index in [-0.39, 0.29) is 5.91 Å². The van der Waals surface area contributed by atoms with E-state index in [1.807, 2.05) is 0 Å². The first-order valence-electron chi connectivity index (χ1n) is 6.29. The van der Waals surface area contributed by atoms with Crippen molar-refractivity contribution in [1.29, 1.82) is 0 Å². The van der Waals surface area contributed by atoms with Crippen LogP contribution in [0.5, 0.6) is 0 Å². The maximum Gasteiger partial charge on any atom is 0.318 e. The van der Waals surface area contributed by atoms with Gasteiger partial charge in [-0.2, -0.15) is 0 Å². The quantitative estimate of drug-likeness (QED) is 0.769. The molecule has 0 aliphatic carbocycles. The summed E-state index contributed by atoms with van der Waals surface area (Å²) in [4.78, 5) is 24.8. The highest BCUT2D eigenvalue weighted by Crippen LogP contribution is 2.27. The van der Waals surface area contributed by atoms with Crippen molar-refractivity contribution in [2.75, 3.05) is 13.1 Å². The van der Waals surface area contributed by atoms with Gasteiger partial charge in [0.2, 0.25) is 5.91 Å². The van der Waals surface area contributed by atoms with Gasteiger partial charge in [-0.1, -0.05) is 13.8 Å². The fourth-order valence-electron chi connectivity index (χ4n) is 2.26. The Labute approximate surface area is 103 Å². The number of hydrogen-bond acceptors (Lipinski definition) is 2. The van der Waals surface area contributed by atoms with Crippen LogP contribution in [0.15, 0.2) is 0 Å². The largest absolute Gasteiger partial charge is 0.480 e. The third-order valence-electron chi connectivity index (χ3n) is 3.84. The highest BCUT2D eigenvalue weighted by atomic mass is 16.4. The van der Waals surface area contributed by atoms with Gasteiger partial charge in [-0.25, -0.2) is 0 Å². The molecule has 1 aliphatic heterocycles. The molecule has 0 spiro atoms. The Kier molecular flexibility index (Phi) is 4.17. The molecule has 1 heterocycles. The molecule has 4 heteroatoms. The fraction of sp³-hybridized carbons (Fsp3) is 0.846. The molecule has 1 amide bonds. The highest BCUT2D eigenvalue weighted by molar-refractivity contribution is 6.00. The second kappa shape index (κ2) is 5.07. The number of hydrogen-bond donors (Lipinski definition) is 1. The first-order chi connectivity index (χ1) is 7.76. The zero-order chi connectivity index (χ0) is 13.2. The molecule has 0 saturated carbocycles. The van der Waals surface area contributed by atoms with E-state index in [0.717, 1.165) is 12.8 Å². The molecule has 1 aliphatic rings. The number of aliphatic carboxylic acids is 1. The second-order valence-electron chi connectivity index (χ2n) is 5.80. The Hall–Kier alpha value is -1.06. The van der Waals surface area contributed by atoms with Gasteiger partial charge in [-0.15, -0.1) is 0 Å². The van der Waals surface area contributed by atoms with E-state index in [1.165, 1.54) is 13.8 Å². The lowest BCUT2D eigenvalue weighted by Gasteiger charge is -2.36. The lowest BCUT2D eigenvalue weighted by Crippen LogP contribution is -2.48. The molecule has 1 rings (SSSR count). The number of nitrogens with zero attached hydrogens (tertiary/aromatic N) is 1. The molecule has 0 unspecified atom stereocenters. The average Bonchev–Trinajstić information content (AvgIpc) is 2.27. The maximum absolute atomic E-state index is 12.1. The topological polar surface area (TPSA) is 57.6 Å². The van der Waals surface area contributed by atoms with Crippen LogP contribution < -0.4 is 0 Å². The van der Waals surface area contributed by atoms with E-state index >= 15 is 0 Å². The summed E-state index contributed by atoms with van der Waals surface area (Å²) in [7, 11) is 0. The number of carbonyl (C=O) groups excluding carboxylic acids is 1. The summed E-state index contributed by atoms with van der Waals surface area (Å²) in [6.07, 6.45) is 1.97. The fourth-order valence-corrected chi connectivity index (χ4v) is 2.26. The molecule has 1 N–H and O–H groups in total. The summed E-state index contributed by atoms with van der Waals surface area (Å²) in [5, 5.41) is 9.04. The van der Waals surface area contributed by atoms with Gasteiger partial charge in [0.05, 0.1) is 0 Å². The summed E-state index contributed by atoms with van der Waals surface area (Å²) < 4.78 is 0. The summed E-state index contributed by atoms with van der Waals surface area (Å²) in [5.74, 6) is -0.00702. The van der Waals surface area contributed by atoms with Gasteiger partial charge >= 0.3 is 5.97 Å². The summed E-state index contributed by atoms with van der Waals surface area (Å²) >= 11 is 0. The van der Waals surface area contributed by atoms with Gasteiger partial charge in [0, 0.05) is 13.1 Å². The first kappa shape index (κ1) is 14.0. The van der Waals surface area contributed by atoms with Crippen molar-refractivity contribution in [3.05, 3.63) is 0 Å². The molecule has 0 radical (unpaired) electrons. The second-order valence-corrected chi connectivity index (χ2v) is 5.80. The van der Waals surface area contributed by atoms with Gasteiger partial charge < -0.3 is 10.0 Å². The molecule has 1 saturated heterocycles. The number of amides is 1. The Bertz CT molecular complexity index is 302. The number of likely N-dealkylation sites (tertiary alicyclic amines) is 1. The van der Waals surface area contributed by atoms with Crippen LogP contribution >= 0.6 is 0 Å². The molecule has 0 bridgehead atoms. The van der Waals surface area contributed by atoms with Crippen molar-refractivity contribution in [2.24, 2.45) is 17.3 Å². The maximum atomic E-state index is 12.1. The van der Waals surface area contributed by atoms with E-state index in [4.69, 9.17) is 5.11 Å². The monoisotopic (exact) mass is 241 g/mol. The van der Waals surface area contributed by atoms with Crippen LogP contribution in [0.2, 0.25) is 0 Å². The van der Waals surface area contributed by atoms with Crippen LogP contribution in [0.25, 0.3) is 0 Å². The Morgan fingerprint density at radius 2 is 1.71 bits per heavy atom. The zero-order valence-electron chi connectivity index (χ0n) is 11.2. The third-order valence-corrected chi connectivity index (χ3v) is 3.84. The molecule has 1 fully saturated rings. The normalized spacial score (nSPS) is 18.5. The zero-order valence-corrected chi connectivity index (χ0v) is 11.2. The lowest BCUT2D eigenvalue weighted by atomic mass is 9.85. The van der Waals surface area contributed by atoms with E-state index in [0.29, 0.717) is 24.9 Å². The number of piperidine rings is 1.